The lowest BCUT2D eigenvalue weighted by molar-refractivity contribution is 0.143. The van der Waals surface area contributed by atoms with Crippen LogP contribution in [0.5, 0.6) is 0 Å². The maximum Gasteiger partial charge on any atom is 0.190 e. The highest BCUT2D eigenvalue weighted by Gasteiger charge is 2.03. The van der Waals surface area contributed by atoms with Gasteiger partial charge in [-0.2, -0.15) is 0 Å². The average molecular weight is 335 g/mol. The molecule has 1 aromatic rings. The Morgan fingerprint density at radius 2 is 1.75 bits per heavy atom. The summed E-state index contributed by atoms with van der Waals surface area (Å²) >= 11 is 0. The number of ether oxygens (including phenoxy) is 1. The molecule has 0 aliphatic heterocycles. The predicted octanol–water partition coefficient (Wildman–Crippen LogP) is 2.88. The standard InChI is InChI=1S/C19H34N4O/c1-4-23(18-12-7-6-8-13-18)16-11-15-22-19(20-3)21-14-9-10-17-24-5-2/h6-8,12-13H,4-5,9-11,14-17H2,1-3H3,(H2,20,21,22). The van der Waals surface area contributed by atoms with Crippen LogP contribution in [0.15, 0.2) is 35.3 Å². The van der Waals surface area contributed by atoms with Crippen LogP contribution in [0.2, 0.25) is 0 Å². The zero-order valence-electron chi connectivity index (χ0n) is 15.6. The molecule has 0 fully saturated rings. The van der Waals surface area contributed by atoms with Crippen molar-refractivity contribution < 1.29 is 4.74 Å². The molecule has 1 aromatic carbocycles. The third-order valence-corrected chi connectivity index (χ3v) is 3.84. The van der Waals surface area contributed by atoms with Gasteiger partial charge in [0, 0.05) is 52.1 Å². The van der Waals surface area contributed by atoms with E-state index in [1.807, 2.05) is 14.0 Å². The molecule has 0 radical (unpaired) electrons. The number of aliphatic imine (C=N–C) groups is 1. The first kappa shape index (κ1) is 20.3. The van der Waals surface area contributed by atoms with Crippen LogP contribution in [-0.4, -0.2) is 52.4 Å². The highest BCUT2D eigenvalue weighted by molar-refractivity contribution is 5.79. The van der Waals surface area contributed by atoms with E-state index < -0.39 is 0 Å². The molecular formula is C19H34N4O. The zero-order chi connectivity index (χ0) is 17.5. The van der Waals surface area contributed by atoms with Gasteiger partial charge in [0.1, 0.15) is 0 Å². The van der Waals surface area contributed by atoms with Crippen molar-refractivity contribution in [2.75, 3.05) is 51.3 Å². The molecule has 5 nitrogen and oxygen atoms in total. The molecule has 0 heterocycles. The van der Waals surface area contributed by atoms with Crippen LogP contribution < -0.4 is 15.5 Å². The van der Waals surface area contributed by atoms with Gasteiger partial charge in [0.15, 0.2) is 5.96 Å². The molecule has 5 heteroatoms. The van der Waals surface area contributed by atoms with Crippen LogP contribution in [0.25, 0.3) is 0 Å². The van der Waals surface area contributed by atoms with Gasteiger partial charge in [-0.05, 0) is 45.2 Å². The fourth-order valence-corrected chi connectivity index (χ4v) is 2.49. The van der Waals surface area contributed by atoms with E-state index in [9.17, 15) is 0 Å². The van der Waals surface area contributed by atoms with Crippen LogP contribution in [0, 0.1) is 0 Å². The number of para-hydroxylation sites is 1. The van der Waals surface area contributed by atoms with Crippen molar-refractivity contribution in [2.45, 2.75) is 33.1 Å². The summed E-state index contributed by atoms with van der Waals surface area (Å²) in [4.78, 5) is 6.66. The minimum Gasteiger partial charge on any atom is -0.382 e. The van der Waals surface area contributed by atoms with E-state index in [0.717, 1.165) is 64.6 Å². The van der Waals surface area contributed by atoms with E-state index in [0.29, 0.717) is 0 Å². The molecule has 0 aliphatic carbocycles. The Kier molecular flexibility index (Phi) is 11.6. The summed E-state index contributed by atoms with van der Waals surface area (Å²) in [7, 11) is 1.82. The lowest BCUT2D eigenvalue weighted by Crippen LogP contribution is -2.39. The zero-order valence-corrected chi connectivity index (χ0v) is 15.6. The number of benzene rings is 1. The second kappa shape index (κ2) is 13.7. The third-order valence-electron chi connectivity index (χ3n) is 3.84. The van der Waals surface area contributed by atoms with Gasteiger partial charge in [0.2, 0.25) is 0 Å². The Balaban J connectivity index is 2.15. The fraction of sp³-hybridized carbons (Fsp3) is 0.632. The smallest absolute Gasteiger partial charge is 0.190 e. The summed E-state index contributed by atoms with van der Waals surface area (Å²) in [6.07, 6.45) is 3.26. The molecule has 0 saturated carbocycles. The van der Waals surface area contributed by atoms with E-state index in [1.165, 1.54) is 5.69 Å². The van der Waals surface area contributed by atoms with Gasteiger partial charge in [-0.25, -0.2) is 0 Å². The summed E-state index contributed by atoms with van der Waals surface area (Å²) in [5, 5.41) is 6.73. The predicted molar refractivity (Wildman–Crippen MR) is 104 cm³/mol. The molecule has 0 saturated heterocycles. The first-order valence-electron chi connectivity index (χ1n) is 9.14. The molecule has 0 spiro atoms. The van der Waals surface area contributed by atoms with Gasteiger partial charge < -0.3 is 20.3 Å². The van der Waals surface area contributed by atoms with E-state index in [-0.39, 0.29) is 0 Å². The first-order chi connectivity index (χ1) is 11.8. The number of nitrogens with zero attached hydrogens (tertiary/aromatic N) is 2. The van der Waals surface area contributed by atoms with Crippen LogP contribution in [0.4, 0.5) is 5.69 Å². The number of unbranched alkanes of at least 4 members (excludes halogenated alkanes) is 1. The maximum atomic E-state index is 5.34. The Labute approximate surface area is 147 Å². The van der Waals surface area contributed by atoms with Crippen molar-refractivity contribution in [1.29, 1.82) is 0 Å². The van der Waals surface area contributed by atoms with E-state index in [4.69, 9.17) is 4.74 Å². The Morgan fingerprint density at radius 3 is 2.38 bits per heavy atom. The molecular weight excluding hydrogens is 300 g/mol. The van der Waals surface area contributed by atoms with E-state index in [2.05, 4.69) is 57.8 Å². The number of hydrogen-bond donors (Lipinski definition) is 2. The molecule has 136 valence electrons. The number of rotatable bonds is 12. The molecule has 0 bridgehead atoms. The van der Waals surface area contributed by atoms with Crippen LogP contribution in [0.1, 0.15) is 33.1 Å². The summed E-state index contributed by atoms with van der Waals surface area (Å²) in [5.41, 5.74) is 1.29. The van der Waals surface area contributed by atoms with Gasteiger partial charge in [-0.3, -0.25) is 4.99 Å². The molecule has 0 aliphatic rings. The van der Waals surface area contributed by atoms with Crippen LogP contribution >= 0.6 is 0 Å². The highest BCUT2D eigenvalue weighted by Crippen LogP contribution is 2.12. The highest BCUT2D eigenvalue weighted by atomic mass is 16.5. The fourth-order valence-electron chi connectivity index (χ4n) is 2.49. The Hall–Kier alpha value is -1.75. The van der Waals surface area contributed by atoms with Gasteiger partial charge in [-0.1, -0.05) is 18.2 Å². The number of guanidine groups is 1. The van der Waals surface area contributed by atoms with Crippen molar-refractivity contribution >= 4 is 11.6 Å². The molecule has 0 unspecified atom stereocenters. The number of anilines is 1. The summed E-state index contributed by atoms with van der Waals surface area (Å²) in [6, 6.07) is 10.6. The summed E-state index contributed by atoms with van der Waals surface area (Å²) in [6.45, 7) is 9.78. The summed E-state index contributed by atoms with van der Waals surface area (Å²) in [5.74, 6) is 0.883. The molecule has 24 heavy (non-hydrogen) atoms. The third kappa shape index (κ3) is 8.77. The Bertz CT molecular complexity index is 436. The van der Waals surface area contributed by atoms with Crippen molar-refractivity contribution in [1.82, 2.24) is 10.6 Å². The SMILES string of the molecule is CCOCCCCNC(=NC)NCCCN(CC)c1ccccc1. The van der Waals surface area contributed by atoms with Crippen molar-refractivity contribution in [3.8, 4) is 0 Å². The normalized spacial score (nSPS) is 11.4. The maximum absolute atomic E-state index is 5.34. The van der Waals surface area contributed by atoms with Gasteiger partial charge in [0.25, 0.3) is 0 Å². The van der Waals surface area contributed by atoms with Gasteiger partial charge in [-0.15, -0.1) is 0 Å². The topological polar surface area (TPSA) is 48.9 Å². The molecule has 1 rings (SSSR count). The van der Waals surface area contributed by atoms with E-state index in [1.54, 1.807) is 0 Å². The van der Waals surface area contributed by atoms with Crippen molar-refractivity contribution in [3.63, 3.8) is 0 Å². The number of nitrogens with one attached hydrogen (secondary N) is 2. The Morgan fingerprint density at radius 1 is 1.04 bits per heavy atom. The van der Waals surface area contributed by atoms with Gasteiger partial charge >= 0.3 is 0 Å². The quantitative estimate of drug-likeness (QED) is 0.351. The second-order valence-corrected chi connectivity index (χ2v) is 5.60. The van der Waals surface area contributed by atoms with Crippen LogP contribution in [-0.2, 0) is 4.74 Å². The van der Waals surface area contributed by atoms with Gasteiger partial charge in [0.05, 0.1) is 0 Å². The molecule has 0 aromatic heterocycles. The lowest BCUT2D eigenvalue weighted by Gasteiger charge is -2.23. The second-order valence-electron chi connectivity index (χ2n) is 5.60. The van der Waals surface area contributed by atoms with Crippen molar-refractivity contribution in [2.24, 2.45) is 4.99 Å². The van der Waals surface area contributed by atoms with Crippen molar-refractivity contribution in [3.05, 3.63) is 30.3 Å². The lowest BCUT2D eigenvalue weighted by atomic mass is 10.2. The molecule has 0 atom stereocenters. The number of hydrogen-bond acceptors (Lipinski definition) is 3. The first-order valence-corrected chi connectivity index (χ1v) is 9.14. The minimum absolute atomic E-state index is 0.800. The largest absolute Gasteiger partial charge is 0.382 e. The summed E-state index contributed by atoms with van der Waals surface area (Å²) < 4.78 is 5.34. The van der Waals surface area contributed by atoms with Crippen LogP contribution in [0.3, 0.4) is 0 Å². The average Bonchev–Trinajstić information content (AvgIpc) is 2.63. The molecule has 2 N–H and O–H groups in total. The monoisotopic (exact) mass is 334 g/mol. The minimum atomic E-state index is 0.800. The molecule has 0 amide bonds. The van der Waals surface area contributed by atoms with E-state index >= 15 is 0 Å².